The number of nitrogens with one attached hydrogen (secondary N) is 3. The standard InChI is InChI=1S/C26H36N4O2/c1-2-21(31)11-7-4-8-12-22(25-28-16-23(30-25)20-9-5-3-6-10-20)29-24(32)13-19-14-26(15-19)17-27-18-26/h3,5-6,9-10,16,19,22,27H,2,4,7-8,11-15,17-18H2,1H3,(H,28,30)(H,29,32). The number of hydrogen-bond donors (Lipinski definition) is 3. The molecule has 1 saturated carbocycles. The predicted molar refractivity (Wildman–Crippen MR) is 126 cm³/mol. The largest absolute Gasteiger partial charge is 0.346 e. The molecule has 1 spiro atoms. The van der Waals surface area contributed by atoms with Gasteiger partial charge in [0.1, 0.15) is 11.6 Å². The lowest BCUT2D eigenvalue weighted by Crippen LogP contribution is -2.60. The molecule has 1 atom stereocenters. The van der Waals surface area contributed by atoms with Gasteiger partial charge in [-0.2, -0.15) is 0 Å². The fourth-order valence-electron chi connectivity index (χ4n) is 5.17. The highest BCUT2D eigenvalue weighted by Crippen LogP contribution is 2.49. The SMILES string of the molecule is CCC(=O)CCCCCC(NC(=O)CC1CC2(CNC2)C1)c1ncc(-c2ccccc2)[nH]1. The molecule has 2 fully saturated rings. The van der Waals surface area contributed by atoms with Crippen molar-refractivity contribution in [1.29, 1.82) is 0 Å². The van der Waals surface area contributed by atoms with E-state index in [1.807, 2.05) is 31.3 Å². The maximum atomic E-state index is 12.8. The minimum atomic E-state index is -0.124. The van der Waals surface area contributed by atoms with Gasteiger partial charge < -0.3 is 15.6 Å². The van der Waals surface area contributed by atoms with E-state index < -0.39 is 0 Å². The van der Waals surface area contributed by atoms with E-state index >= 15 is 0 Å². The van der Waals surface area contributed by atoms with Crippen molar-refractivity contribution in [3.8, 4) is 11.3 Å². The number of imidazole rings is 1. The number of H-pyrrole nitrogens is 1. The number of aromatic amines is 1. The van der Waals surface area contributed by atoms with Gasteiger partial charge in [-0.1, -0.05) is 50.1 Å². The average molecular weight is 437 g/mol. The molecule has 1 aliphatic heterocycles. The number of hydrogen-bond acceptors (Lipinski definition) is 4. The zero-order chi connectivity index (χ0) is 22.4. The van der Waals surface area contributed by atoms with Crippen LogP contribution in [-0.4, -0.2) is 34.7 Å². The van der Waals surface area contributed by atoms with Crippen LogP contribution in [0.5, 0.6) is 0 Å². The summed E-state index contributed by atoms with van der Waals surface area (Å²) in [4.78, 5) is 32.4. The third-order valence-corrected chi connectivity index (χ3v) is 7.11. The number of carbonyl (C=O) groups is 2. The molecule has 3 N–H and O–H groups in total. The number of unbranched alkanes of at least 4 members (excludes halogenated alkanes) is 2. The Labute approximate surface area is 191 Å². The van der Waals surface area contributed by atoms with Gasteiger partial charge in [-0.05, 0) is 42.6 Å². The summed E-state index contributed by atoms with van der Waals surface area (Å²) in [7, 11) is 0. The van der Waals surface area contributed by atoms with Gasteiger partial charge >= 0.3 is 0 Å². The third kappa shape index (κ3) is 5.66. The van der Waals surface area contributed by atoms with Crippen LogP contribution >= 0.6 is 0 Å². The lowest BCUT2D eigenvalue weighted by molar-refractivity contribution is -0.125. The summed E-state index contributed by atoms with van der Waals surface area (Å²) >= 11 is 0. The monoisotopic (exact) mass is 436 g/mol. The fourth-order valence-corrected chi connectivity index (χ4v) is 5.17. The van der Waals surface area contributed by atoms with E-state index in [1.54, 1.807) is 0 Å². The van der Waals surface area contributed by atoms with Crippen LogP contribution in [0.1, 0.15) is 76.6 Å². The summed E-state index contributed by atoms with van der Waals surface area (Å²) in [5, 5.41) is 6.61. The van der Waals surface area contributed by atoms with Crippen LogP contribution in [0.15, 0.2) is 36.5 Å². The lowest BCUT2D eigenvalue weighted by Gasteiger charge is -2.54. The molecular formula is C26H36N4O2. The van der Waals surface area contributed by atoms with Crippen molar-refractivity contribution in [3.05, 3.63) is 42.4 Å². The molecule has 6 nitrogen and oxygen atoms in total. The van der Waals surface area contributed by atoms with E-state index in [0.29, 0.717) is 36.4 Å². The van der Waals surface area contributed by atoms with Gasteiger partial charge in [-0.3, -0.25) is 9.59 Å². The van der Waals surface area contributed by atoms with Crippen LogP contribution in [0.25, 0.3) is 11.3 Å². The van der Waals surface area contributed by atoms with Crippen LogP contribution in [0.2, 0.25) is 0 Å². The van der Waals surface area contributed by atoms with E-state index in [9.17, 15) is 9.59 Å². The maximum Gasteiger partial charge on any atom is 0.220 e. The number of ketones is 1. The summed E-state index contributed by atoms with van der Waals surface area (Å²) in [6, 6.07) is 10.00. The van der Waals surface area contributed by atoms with Crippen molar-refractivity contribution in [2.45, 2.75) is 70.8 Å². The van der Waals surface area contributed by atoms with E-state index in [0.717, 1.165) is 55.9 Å². The number of nitrogens with zero attached hydrogens (tertiary/aromatic N) is 1. The van der Waals surface area contributed by atoms with Crippen LogP contribution in [-0.2, 0) is 9.59 Å². The van der Waals surface area contributed by atoms with Crippen molar-refractivity contribution < 1.29 is 9.59 Å². The van der Waals surface area contributed by atoms with Crippen molar-refractivity contribution in [2.24, 2.45) is 11.3 Å². The van der Waals surface area contributed by atoms with Gasteiger partial charge in [0.2, 0.25) is 5.91 Å². The second-order valence-corrected chi connectivity index (χ2v) is 9.74. The molecule has 0 radical (unpaired) electrons. The van der Waals surface area contributed by atoms with Gasteiger partial charge in [0.05, 0.1) is 17.9 Å². The number of carbonyl (C=O) groups excluding carboxylic acids is 2. The van der Waals surface area contributed by atoms with Gasteiger partial charge in [0.15, 0.2) is 0 Å². The van der Waals surface area contributed by atoms with Crippen LogP contribution in [0.4, 0.5) is 0 Å². The van der Waals surface area contributed by atoms with Crippen LogP contribution < -0.4 is 10.6 Å². The Balaban J connectivity index is 1.33. The Morgan fingerprint density at radius 3 is 2.62 bits per heavy atom. The molecule has 2 aromatic rings. The molecule has 1 saturated heterocycles. The lowest BCUT2D eigenvalue weighted by atomic mass is 9.58. The summed E-state index contributed by atoms with van der Waals surface area (Å²) in [6.07, 6.45) is 9.76. The van der Waals surface area contributed by atoms with Gasteiger partial charge in [-0.25, -0.2) is 4.98 Å². The smallest absolute Gasteiger partial charge is 0.220 e. The van der Waals surface area contributed by atoms with E-state index in [2.05, 4.69) is 32.7 Å². The summed E-state index contributed by atoms with van der Waals surface area (Å²) < 4.78 is 0. The summed E-state index contributed by atoms with van der Waals surface area (Å²) in [5.74, 6) is 1.78. The Kier molecular flexibility index (Phi) is 7.40. The number of rotatable bonds is 12. The first-order valence-electron chi connectivity index (χ1n) is 12.2. The van der Waals surface area contributed by atoms with Crippen molar-refractivity contribution in [1.82, 2.24) is 20.6 Å². The minimum absolute atomic E-state index is 0.124. The predicted octanol–water partition coefficient (Wildman–Crippen LogP) is 4.55. The zero-order valence-electron chi connectivity index (χ0n) is 19.2. The number of amides is 1. The number of Topliss-reactive ketones (excluding diaryl/α,β-unsaturated/α-hetero) is 1. The molecule has 32 heavy (non-hydrogen) atoms. The molecule has 2 heterocycles. The summed E-state index contributed by atoms with van der Waals surface area (Å²) in [5.41, 5.74) is 2.54. The highest BCUT2D eigenvalue weighted by molar-refractivity contribution is 5.78. The fraction of sp³-hybridized carbons (Fsp3) is 0.577. The summed E-state index contributed by atoms with van der Waals surface area (Å²) in [6.45, 7) is 4.15. The van der Waals surface area contributed by atoms with Gasteiger partial charge in [-0.15, -0.1) is 0 Å². The first kappa shape index (κ1) is 22.7. The quantitative estimate of drug-likeness (QED) is 0.426. The normalized spacial score (nSPS) is 18.0. The van der Waals surface area contributed by atoms with E-state index in [-0.39, 0.29) is 11.9 Å². The molecule has 4 rings (SSSR count). The Hall–Kier alpha value is -2.47. The molecule has 1 aliphatic carbocycles. The molecule has 1 amide bonds. The molecule has 1 unspecified atom stereocenters. The highest BCUT2D eigenvalue weighted by Gasteiger charge is 2.48. The molecule has 172 valence electrons. The first-order valence-corrected chi connectivity index (χ1v) is 12.2. The topological polar surface area (TPSA) is 86.9 Å². The molecular weight excluding hydrogens is 400 g/mol. The van der Waals surface area contributed by atoms with Crippen molar-refractivity contribution >= 4 is 11.7 Å². The van der Waals surface area contributed by atoms with E-state index in [4.69, 9.17) is 0 Å². The Morgan fingerprint density at radius 1 is 1.16 bits per heavy atom. The molecule has 2 aliphatic rings. The first-order chi connectivity index (χ1) is 15.6. The minimum Gasteiger partial charge on any atom is -0.346 e. The highest BCUT2D eigenvalue weighted by atomic mass is 16.1. The van der Waals surface area contributed by atoms with Crippen molar-refractivity contribution in [2.75, 3.05) is 13.1 Å². The van der Waals surface area contributed by atoms with Gasteiger partial charge in [0, 0.05) is 32.4 Å². The number of aromatic nitrogens is 2. The van der Waals surface area contributed by atoms with Crippen molar-refractivity contribution in [3.63, 3.8) is 0 Å². The zero-order valence-corrected chi connectivity index (χ0v) is 19.2. The van der Waals surface area contributed by atoms with Gasteiger partial charge in [0.25, 0.3) is 0 Å². The molecule has 0 bridgehead atoms. The van der Waals surface area contributed by atoms with E-state index in [1.165, 1.54) is 12.8 Å². The average Bonchev–Trinajstić information content (AvgIpc) is 3.24. The van der Waals surface area contributed by atoms with Crippen LogP contribution in [0.3, 0.4) is 0 Å². The Morgan fingerprint density at radius 2 is 1.94 bits per heavy atom. The second kappa shape index (κ2) is 10.4. The van der Waals surface area contributed by atoms with Crippen LogP contribution in [0, 0.1) is 11.3 Å². The Bertz CT molecular complexity index is 896. The second-order valence-electron chi connectivity index (χ2n) is 9.74. The third-order valence-electron chi connectivity index (χ3n) is 7.11. The molecule has 1 aromatic carbocycles. The maximum absolute atomic E-state index is 12.8. The number of benzene rings is 1. The molecule has 6 heteroatoms. The molecule has 1 aromatic heterocycles.